The standard InChI is InChI=1S/2C5H10N2O.C3H4O4/c2*1-5(8)4-7-3-2-6;4-2(5)1-3(6)7/h2*5,7-8H,3-4H2,1H3;1H2,(H,4,5)(H,6,7). The fourth-order valence-corrected chi connectivity index (χ4v) is 0.803. The first-order valence-electron chi connectivity index (χ1n) is 6.62. The molecule has 0 saturated carbocycles. The van der Waals surface area contributed by atoms with Gasteiger partial charge in [0.15, 0.2) is 0 Å². The van der Waals surface area contributed by atoms with Crippen LogP contribution in [0.2, 0.25) is 0 Å². The Labute approximate surface area is 135 Å². The van der Waals surface area contributed by atoms with Gasteiger partial charge in [0.2, 0.25) is 0 Å². The van der Waals surface area contributed by atoms with Crippen LogP contribution in [0.5, 0.6) is 0 Å². The fourth-order valence-electron chi connectivity index (χ4n) is 0.803. The Hall–Kier alpha value is -2.24. The molecule has 2 atom stereocenters. The van der Waals surface area contributed by atoms with Gasteiger partial charge >= 0.3 is 11.9 Å². The van der Waals surface area contributed by atoms with Gasteiger partial charge in [0, 0.05) is 13.1 Å². The Morgan fingerprint density at radius 2 is 1.22 bits per heavy atom. The minimum absolute atomic E-state index is 0.310. The van der Waals surface area contributed by atoms with Crippen molar-refractivity contribution in [2.24, 2.45) is 0 Å². The van der Waals surface area contributed by atoms with Gasteiger partial charge in [-0.3, -0.25) is 9.59 Å². The van der Waals surface area contributed by atoms with Crippen LogP contribution in [0.4, 0.5) is 0 Å². The van der Waals surface area contributed by atoms with E-state index in [1.807, 2.05) is 12.1 Å². The van der Waals surface area contributed by atoms with Crippen molar-refractivity contribution in [3.05, 3.63) is 0 Å². The number of aliphatic hydroxyl groups is 2. The normalized spacial score (nSPS) is 11.2. The molecule has 0 radical (unpaired) electrons. The van der Waals surface area contributed by atoms with E-state index in [1.165, 1.54) is 0 Å². The summed E-state index contributed by atoms with van der Waals surface area (Å²) in [4.78, 5) is 18.9. The number of carbonyl (C=O) groups is 2. The molecular weight excluding hydrogens is 308 g/mol. The quantitative estimate of drug-likeness (QED) is 0.173. The molecule has 0 aromatic carbocycles. The van der Waals surface area contributed by atoms with Crippen molar-refractivity contribution in [3.63, 3.8) is 0 Å². The van der Waals surface area contributed by atoms with Crippen LogP contribution < -0.4 is 10.6 Å². The molecule has 10 nitrogen and oxygen atoms in total. The molecule has 0 spiro atoms. The molecule has 0 heterocycles. The molecule has 23 heavy (non-hydrogen) atoms. The molecule has 0 aliphatic heterocycles. The van der Waals surface area contributed by atoms with Crippen molar-refractivity contribution in [2.45, 2.75) is 32.5 Å². The number of aliphatic hydroxyl groups excluding tert-OH is 2. The van der Waals surface area contributed by atoms with Gasteiger partial charge in [-0.25, -0.2) is 0 Å². The zero-order chi connectivity index (χ0) is 18.7. The largest absolute Gasteiger partial charge is 0.481 e. The van der Waals surface area contributed by atoms with Crippen LogP contribution in [0.1, 0.15) is 20.3 Å². The Morgan fingerprint density at radius 3 is 1.35 bits per heavy atom. The number of nitrogens with zero attached hydrogens (tertiary/aromatic N) is 2. The first kappa shape index (κ1) is 25.7. The maximum absolute atomic E-state index is 9.43. The minimum atomic E-state index is -1.31. The third-order valence-corrected chi connectivity index (χ3v) is 1.59. The highest BCUT2D eigenvalue weighted by atomic mass is 16.4. The number of nitrogens with one attached hydrogen (secondary N) is 2. The number of hydrogen-bond acceptors (Lipinski definition) is 8. The lowest BCUT2D eigenvalue weighted by atomic mass is 10.4. The van der Waals surface area contributed by atoms with Gasteiger partial charge in [-0.2, -0.15) is 10.5 Å². The van der Waals surface area contributed by atoms with Crippen LogP contribution in [-0.4, -0.2) is 70.8 Å². The maximum atomic E-state index is 9.43. The molecule has 0 bridgehead atoms. The van der Waals surface area contributed by atoms with Gasteiger partial charge in [0.25, 0.3) is 0 Å². The van der Waals surface area contributed by atoms with Gasteiger partial charge in [0.1, 0.15) is 6.42 Å². The molecule has 10 heteroatoms. The van der Waals surface area contributed by atoms with E-state index in [-0.39, 0.29) is 12.2 Å². The first-order chi connectivity index (χ1) is 10.7. The Balaban J connectivity index is -0.000000262. The summed E-state index contributed by atoms with van der Waals surface area (Å²) in [6.07, 6.45) is -1.52. The summed E-state index contributed by atoms with van der Waals surface area (Å²) in [5.74, 6) is -2.62. The zero-order valence-electron chi connectivity index (χ0n) is 13.2. The monoisotopic (exact) mass is 332 g/mol. The van der Waals surface area contributed by atoms with E-state index in [9.17, 15) is 9.59 Å². The lowest BCUT2D eigenvalue weighted by Crippen LogP contribution is -2.24. The van der Waals surface area contributed by atoms with E-state index in [0.717, 1.165) is 0 Å². The first-order valence-corrected chi connectivity index (χ1v) is 6.62. The average Bonchev–Trinajstić information content (AvgIpc) is 2.38. The molecule has 0 aromatic rings. The Kier molecular flexibility index (Phi) is 22.1. The number of carboxylic acids is 2. The zero-order valence-corrected chi connectivity index (χ0v) is 13.2. The van der Waals surface area contributed by atoms with E-state index in [2.05, 4.69) is 10.6 Å². The smallest absolute Gasteiger partial charge is 0.314 e. The van der Waals surface area contributed by atoms with Gasteiger partial charge in [-0.05, 0) is 13.8 Å². The summed E-state index contributed by atoms with van der Waals surface area (Å²) in [7, 11) is 0. The summed E-state index contributed by atoms with van der Waals surface area (Å²) < 4.78 is 0. The predicted molar refractivity (Wildman–Crippen MR) is 80.2 cm³/mol. The van der Waals surface area contributed by atoms with Crippen LogP contribution in [-0.2, 0) is 9.59 Å². The highest BCUT2D eigenvalue weighted by Crippen LogP contribution is 1.74. The van der Waals surface area contributed by atoms with Crippen LogP contribution in [0, 0.1) is 22.7 Å². The summed E-state index contributed by atoms with van der Waals surface area (Å²) in [5, 5.41) is 54.0. The number of hydrogen-bond donors (Lipinski definition) is 6. The Morgan fingerprint density at radius 1 is 0.913 bits per heavy atom. The molecule has 6 N–H and O–H groups in total. The number of rotatable bonds is 8. The molecule has 0 rings (SSSR count). The molecule has 0 aliphatic carbocycles. The topological polar surface area (TPSA) is 187 Å². The van der Waals surface area contributed by atoms with Gasteiger partial charge in [0.05, 0.1) is 37.4 Å². The Bertz CT molecular complexity index is 351. The maximum Gasteiger partial charge on any atom is 0.314 e. The fraction of sp³-hybridized carbons (Fsp3) is 0.692. The minimum Gasteiger partial charge on any atom is -0.481 e. The van der Waals surface area contributed by atoms with E-state index in [0.29, 0.717) is 26.2 Å². The summed E-state index contributed by atoms with van der Waals surface area (Å²) in [6, 6.07) is 3.80. The summed E-state index contributed by atoms with van der Waals surface area (Å²) >= 11 is 0. The number of nitriles is 2. The van der Waals surface area contributed by atoms with Gasteiger partial charge < -0.3 is 31.1 Å². The van der Waals surface area contributed by atoms with Crippen molar-refractivity contribution < 1.29 is 30.0 Å². The van der Waals surface area contributed by atoms with E-state index in [4.69, 9.17) is 30.9 Å². The summed E-state index contributed by atoms with van der Waals surface area (Å²) in [5.41, 5.74) is 0. The van der Waals surface area contributed by atoms with Gasteiger partial charge in [-0.15, -0.1) is 0 Å². The molecule has 0 aliphatic rings. The van der Waals surface area contributed by atoms with Crippen molar-refractivity contribution in [1.82, 2.24) is 10.6 Å². The predicted octanol–water partition coefficient (Wildman–Crippen LogP) is -1.49. The average molecular weight is 332 g/mol. The van der Waals surface area contributed by atoms with E-state index in [1.54, 1.807) is 13.8 Å². The second-order valence-corrected chi connectivity index (χ2v) is 4.24. The highest BCUT2D eigenvalue weighted by molar-refractivity contribution is 5.88. The third-order valence-electron chi connectivity index (χ3n) is 1.59. The number of aliphatic carboxylic acids is 2. The van der Waals surface area contributed by atoms with Crippen LogP contribution >= 0.6 is 0 Å². The van der Waals surface area contributed by atoms with E-state index >= 15 is 0 Å². The second kappa shape index (κ2) is 19.8. The lowest BCUT2D eigenvalue weighted by Gasteiger charge is -2.00. The van der Waals surface area contributed by atoms with E-state index < -0.39 is 18.4 Å². The lowest BCUT2D eigenvalue weighted by molar-refractivity contribution is -0.147. The summed E-state index contributed by atoms with van der Waals surface area (Å²) in [6.45, 7) is 4.95. The molecule has 0 fully saturated rings. The second-order valence-electron chi connectivity index (χ2n) is 4.24. The molecule has 2 unspecified atom stereocenters. The molecule has 0 amide bonds. The third kappa shape index (κ3) is 45.1. The van der Waals surface area contributed by atoms with Gasteiger partial charge in [-0.1, -0.05) is 0 Å². The SMILES string of the molecule is CC(O)CNCC#N.CC(O)CNCC#N.O=C(O)CC(=O)O. The molecular formula is C13H24N4O6. The molecule has 0 aromatic heterocycles. The van der Waals surface area contributed by atoms with Crippen molar-refractivity contribution >= 4 is 11.9 Å². The van der Waals surface area contributed by atoms with Crippen molar-refractivity contribution in [3.8, 4) is 12.1 Å². The number of carboxylic acid groups (broad SMARTS) is 2. The van der Waals surface area contributed by atoms with Crippen LogP contribution in [0.25, 0.3) is 0 Å². The van der Waals surface area contributed by atoms with Crippen LogP contribution in [0.15, 0.2) is 0 Å². The van der Waals surface area contributed by atoms with Crippen molar-refractivity contribution in [2.75, 3.05) is 26.2 Å². The van der Waals surface area contributed by atoms with Crippen LogP contribution in [0.3, 0.4) is 0 Å². The van der Waals surface area contributed by atoms with Crippen molar-refractivity contribution in [1.29, 1.82) is 10.5 Å². The molecule has 0 saturated heterocycles. The highest BCUT2D eigenvalue weighted by Gasteiger charge is 2.01. The molecule has 132 valence electrons.